The predicted molar refractivity (Wildman–Crippen MR) is 75.1 cm³/mol. The van der Waals surface area contributed by atoms with E-state index in [9.17, 15) is 4.79 Å². The Morgan fingerprint density at radius 3 is 2.89 bits per heavy atom. The third kappa shape index (κ3) is 3.37. The van der Waals surface area contributed by atoms with Gasteiger partial charge in [0.1, 0.15) is 0 Å². The Morgan fingerprint density at radius 2 is 2.22 bits per heavy atom. The number of rotatable bonds is 4. The van der Waals surface area contributed by atoms with Gasteiger partial charge in [0.25, 0.3) is 0 Å². The molecule has 1 aliphatic heterocycles. The fourth-order valence-corrected chi connectivity index (χ4v) is 2.54. The van der Waals surface area contributed by atoms with Gasteiger partial charge in [0.15, 0.2) is 5.17 Å². The molecule has 2 rings (SSSR count). The summed E-state index contributed by atoms with van der Waals surface area (Å²) in [5.41, 5.74) is 4.64. The summed E-state index contributed by atoms with van der Waals surface area (Å²) >= 11 is 1.44. The molecule has 1 heterocycles. The third-order valence-corrected chi connectivity index (χ3v) is 3.47. The lowest BCUT2D eigenvalue weighted by atomic mass is 10.1. The molecule has 1 fully saturated rings. The zero-order chi connectivity index (χ0) is 13.0. The van der Waals surface area contributed by atoms with Gasteiger partial charge < -0.3 is 5.32 Å². The maximum Gasteiger partial charge on any atom is 0.239 e. The standard InChI is InChI=1S/C13H15N3OS/c1-9(2)15-16-13-14-12(17)11(18-13)8-10-6-4-3-5-7-10/h3-7,11,15H,1,8H2,2H3,(H,14,16,17)/t11-/m0/s1. The van der Waals surface area contributed by atoms with Gasteiger partial charge in [-0.1, -0.05) is 48.7 Å². The van der Waals surface area contributed by atoms with E-state index in [1.165, 1.54) is 11.8 Å². The Kier molecular flexibility index (Phi) is 4.04. The van der Waals surface area contributed by atoms with Crippen LogP contribution in [0.3, 0.4) is 0 Å². The molecule has 1 aromatic carbocycles. The van der Waals surface area contributed by atoms with Crippen molar-refractivity contribution in [3.63, 3.8) is 0 Å². The molecule has 0 bridgehead atoms. The monoisotopic (exact) mass is 261 g/mol. The van der Waals surface area contributed by atoms with Crippen LogP contribution >= 0.6 is 11.8 Å². The molecule has 0 radical (unpaired) electrons. The van der Waals surface area contributed by atoms with E-state index in [2.05, 4.69) is 22.4 Å². The van der Waals surface area contributed by atoms with Crippen molar-refractivity contribution in [3.8, 4) is 0 Å². The Balaban J connectivity index is 1.97. The van der Waals surface area contributed by atoms with Gasteiger partial charge in [-0.05, 0) is 18.9 Å². The number of carbonyl (C=O) groups excluding carboxylic acids is 1. The van der Waals surface area contributed by atoms with Crippen molar-refractivity contribution in [1.29, 1.82) is 0 Å². The zero-order valence-electron chi connectivity index (χ0n) is 10.1. The van der Waals surface area contributed by atoms with Crippen LogP contribution in [0.15, 0.2) is 47.7 Å². The second kappa shape index (κ2) is 5.73. The lowest BCUT2D eigenvalue weighted by molar-refractivity contribution is -0.118. The normalized spacial score (nSPS) is 20.8. The van der Waals surface area contributed by atoms with Gasteiger partial charge in [0.2, 0.25) is 5.91 Å². The van der Waals surface area contributed by atoms with Crippen molar-refractivity contribution < 1.29 is 4.79 Å². The van der Waals surface area contributed by atoms with Crippen molar-refractivity contribution in [2.75, 3.05) is 0 Å². The SMILES string of the molecule is C=C(C)N/N=C1\NC(=O)[C@H](Cc2ccccc2)S1. The summed E-state index contributed by atoms with van der Waals surface area (Å²) in [5, 5.41) is 7.30. The van der Waals surface area contributed by atoms with Crippen LogP contribution in [-0.4, -0.2) is 16.3 Å². The molecule has 0 aromatic heterocycles. The number of benzene rings is 1. The van der Waals surface area contributed by atoms with Crippen molar-refractivity contribution in [2.45, 2.75) is 18.6 Å². The second-order valence-corrected chi connectivity index (χ2v) is 5.29. The summed E-state index contributed by atoms with van der Waals surface area (Å²) in [5.74, 6) is 0.00567. The van der Waals surface area contributed by atoms with Crippen LogP contribution in [0.2, 0.25) is 0 Å². The van der Waals surface area contributed by atoms with E-state index in [1.54, 1.807) is 0 Å². The van der Waals surface area contributed by atoms with Gasteiger partial charge in [0, 0.05) is 5.70 Å². The van der Waals surface area contributed by atoms with E-state index < -0.39 is 0 Å². The Labute approximate surface area is 111 Å². The van der Waals surface area contributed by atoms with Crippen LogP contribution in [-0.2, 0) is 11.2 Å². The first kappa shape index (κ1) is 12.7. The molecular weight excluding hydrogens is 246 g/mol. The third-order valence-electron chi connectivity index (χ3n) is 2.39. The minimum absolute atomic E-state index is 0.00567. The first-order chi connectivity index (χ1) is 8.65. The van der Waals surface area contributed by atoms with Crippen LogP contribution in [0.4, 0.5) is 0 Å². The molecule has 0 spiro atoms. The first-order valence-corrected chi connectivity index (χ1v) is 6.54. The molecule has 4 nitrogen and oxygen atoms in total. The Morgan fingerprint density at radius 1 is 1.50 bits per heavy atom. The molecule has 0 aliphatic carbocycles. The van der Waals surface area contributed by atoms with E-state index in [-0.39, 0.29) is 11.2 Å². The molecule has 5 heteroatoms. The lowest BCUT2D eigenvalue weighted by Gasteiger charge is -2.04. The summed E-state index contributed by atoms with van der Waals surface area (Å²) in [7, 11) is 0. The van der Waals surface area contributed by atoms with E-state index in [4.69, 9.17) is 0 Å². The number of nitrogens with zero attached hydrogens (tertiary/aromatic N) is 1. The fourth-order valence-electron chi connectivity index (χ4n) is 1.57. The van der Waals surface area contributed by atoms with E-state index >= 15 is 0 Å². The van der Waals surface area contributed by atoms with Crippen LogP contribution in [0.5, 0.6) is 0 Å². The minimum atomic E-state index is -0.113. The van der Waals surface area contributed by atoms with Gasteiger partial charge in [-0.25, -0.2) is 0 Å². The van der Waals surface area contributed by atoms with Gasteiger partial charge in [0.05, 0.1) is 5.25 Å². The van der Waals surface area contributed by atoms with Gasteiger partial charge in [-0.3, -0.25) is 10.2 Å². The van der Waals surface area contributed by atoms with E-state index in [0.29, 0.717) is 11.6 Å². The quantitative estimate of drug-likeness (QED) is 0.813. The van der Waals surface area contributed by atoms with Crippen LogP contribution in [0, 0.1) is 0 Å². The number of thioether (sulfide) groups is 1. The topological polar surface area (TPSA) is 53.5 Å². The highest BCUT2D eigenvalue weighted by atomic mass is 32.2. The number of hydrogen-bond donors (Lipinski definition) is 2. The highest BCUT2D eigenvalue weighted by Gasteiger charge is 2.30. The Hall–Kier alpha value is -1.75. The number of amidine groups is 1. The van der Waals surface area contributed by atoms with E-state index in [0.717, 1.165) is 11.3 Å². The molecule has 0 unspecified atom stereocenters. The zero-order valence-corrected chi connectivity index (χ0v) is 11.0. The smallest absolute Gasteiger partial charge is 0.239 e. The first-order valence-electron chi connectivity index (χ1n) is 5.66. The highest BCUT2D eigenvalue weighted by Crippen LogP contribution is 2.22. The molecule has 1 aromatic rings. The van der Waals surface area contributed by atoms with Gasteiger partial charge in [-0.2, -0.15) is 5.10 Å². The van der Waals surface area contributed by atoms with Crippen molar-refractivity contribution in [1.82, 2.24) is 10.7 Å². The van der Waals surface area contributed by atoms with Crippen LogP contribution in [0.25, 0.3) is 0 Å². The lowest BCUT2D eigenvalue weighted by Crippen LogP contribution is -2.26. The van der Waals surface area contributed by atoms with Crippen molar-refractivity contribution in [3.05, 3.63) is 48.2 Å². The molecule has 1 amide bonds. The molecule has 94 valence electrons. The molecule has 1 saturated heterocycles. The molecule has 1 atom stereocenters. The van der Waals surface area contributed by atoms with Gasteiger partial charge in [-0.15, -0.1) is 0 Å². The minimum Gasteiger partial charge on any atom is -0.303 e. The maximum absolute atomic E-state index is 11.8. The van der Waals surface area contributed by atoms with Crippen molar-refractivity contribution >= 4 is 22.8 Å². The number of hydrazone groups is 1. The molecule has 0 saturated carbocycles. The summed E-state index contributed by atoms with van der Waals surface area (Å²) < 4.78 is 0. The number of carbonyl (C=O) groups is 1. The molecule has 18 heavy (non-hydrogen) atoms. The number of hydrogen-bond acceptors (Lipinski definition) is 4. The summed E-state index contributed by atoms with van der Waals surface area (Å²) in [4.78, 5) is 11.8. The average Bonchev–Trinajstić information content (AvgIpc) is 2.69. The molecule has 1 aliphatic rings. The van der Waals surface area contributed by atoms with Crippen LogP contribution < -0.4 is 10.7 Å². The highest BCUT2D eigenvalue weighted by molar-refractivity contribution is 8.15. The maximum atomic E-state index is 11.8. The average molecular weight is 261 g/mol. The fraction of sp³-hybridized carbons (Fsp3) is 0.231. The number of allylic oxidation sites excluding steroid dienone is 1. The second-order valence-electron chi connectivity index (χ2n) is 4.09. The van der Waals surface area contributed by atoms with Crippen molar-refractivity contribution in [2.24, 2.45) is 5.10 Å². The van der Waals surface area contributed by atoms with Crippen LogP contribution in [0.1, 0.15) is 12.5 Å². The summed E-state index contributed by atoms with van der Waals surface area (Å²) in [6.45, 7) is 5.49. The summed E-state index contributed by atoms with van der Waals surface area (Å²) in [6, 6.07) is 9.97. The molecular formula is C13H15N3OS. The molecule has 2 N–H and O–H groups in total. The predicted octanol–water partition coefficient (Wildman–Crippen LogP) is 1.85. The Bertz CT molecular complexity index is 484. The largest absolute Gasteiger partial charge is 0.303 e. The van der Waals surface area contributed by atoms with E-state index in [1.807, 2.05) is 37.3 Å². The van der Waals surface area contributed by atoms with Gasteiger partial charge >= 0.3 is 0 Å². The number of nitrogens with one attached hydrogen (secondary N) is 2. The summed E-state index contributed by atoms with van der Waals surface area (Å²) in [6.07, 6.45) is 0.712. The number of amides is 1.